The molecule has 1 saturated heterocycles. The molecule has 0 saturated carbocycles. The van der Waals surface area contributed by atoms with Crippen molar-refractivity contribution in [2.75, 3.05) is 7.11 Å². The van der Waals surface area contributed by atoms with E-state index >= 15 is 0 Å². The Bertz CT molecular complexity index is 126. The number of aliphatic hydroxyl groups is 2. The van der Waals surface area contributed by atoms with Crippen molar-refractivity contribution in [3.8, 4) is 0 Å². The lowest BCUT2D eigenvalue weighted by Crippen LogP contribution is -2.33. The van der Waals surface area contributed by atoms with Gasteiger partial charge >= 0.3 is 0 Å². The summed E-state index contributed by atoms with van der Waals surface area (Å²) in [6.07, 6.45) is -1.54. The fraction of sp³-hybridized carbons (Fsp3) is 1.00. The number of rotatable bonds is 2. The van der Waals surface area contributed by atoms with Crippen molar-refractivity contribution >= 4 is 0 Å². The zero-order valence-electron chi connectivity index (χ0n) is 6.73. The molecule has 1 fully saturated rings. The van der Waals surface area contributed by atoms with Crippen LogP contribution in [0, 0.1) is 0 Å². The van der Waals surface area contributed by atoms with E-state index in [1.54, 1.807) is 14.0 Å². The van der Waals surface area contributed by atoms with Crippen LogP contribution in [0.25, 0.3) is 0 Å². The van der Waals surface area contributed by atoms with Crippen molar-refractivity contribution in [3.63, 3.8) is 0 Å². The van der Waals surface area contributed by atoms with Crippen LogP contribution < -0.4 is 0 Å². The summed E-state index contributed by atoms with van der Waals surface area (Å²) < 4.78 is 10.0. The molecule has 4 nitrogen and oxygen atoms in total. The molecule has 4 atom stereocenters. The van der Waals surface area contributed by atoms with Crippen molar-refractivity contribution in [1.29, 1.82) is 0 Å². The van der Waals surface area contributed by atoms with E-state index in [0.717, 1.165) is 0 Å². The number of methoxy groups -OCH3 is 1. The minimum Gasteiger partial charge on any atom is -0.391 e. The normalized spacial score (nSPS) is 40.9. The first-order valence-electron chi connectivity index (χ1n) is 3.69. The van der Waals surface area contributed by atoms with Crippen molar-refractivity contribution in [2.45, 2.75) is 37.9 Å². The Kier molecular flexibility index (Phi) is 2.84. The van der Waals surface area contributed by atoms with Crippen LogP contribution in [0.15, 0.2) is 0 Å². The Hall–Kier alpha value is -0.160. The molecular weight excluding hydrogens is 148 g/mol. The number of hydrogen-bond acceptors (Lipinski definition) is 4. The van der Waals surface area contributed by atoms with E-state index < -0.39 is 18.5 Å². The van der Waals surface area contributed by atoms with E-state index in [-0.39, 0.29) is 6.10 Å². The zero-order chi connectivity index (χ0) is 8.43. The first-order chi connectivity index (χ1) is 5.15. The number of hydrogen-bond donors (Lipinski definition) is 2. The second-order valence-electron chi connectivity index (χ2n) is 2.81. The molecule has 1 rings (SSSR count). The van der Waals surface area contributed by atoms with Crippen LogP contribution >= 0.6 is 0 Å². The van der Waals surface area contributed by atoms with Crippen LogP contribution in [-0.2, 0) is 9.47 Å². The van der Waals surface area contributed by atoms with Gasteiger partial charge in [0.05, 0.1) is 12.2 Å². The van der Waals surface area contributed by atoms with Crippen molar-refractivity contribution < 1.29 is 19.7 Å². The highest BCUT2D eigenvalue weighted by molar-refractivity contribution is 4.82. The fourth-order valence-corrected chi connectivity index (χ4v) is 1.31. The topological polar surface area (TPSA) is 58.9 Å². The van der Waals surface area contributed by atoms with Gasteiger partial charge in [-0.15, -0.1) is 0 Å². The summed E-state index contributed by atoms with van der Waals surface area (Å²) in [4.78, 5) is 0. The fourth-order valence-electron chi connectivity index (χ4n) is 1.31. The van der Waals surface area contributed by atoms with Crippen molar-refractivity contribution in [3.05, 3.63) is 0 Å². The second kappa shape index (κ2) is 3.49. The van der Waals surface area contributed by atoms with Gasteiger partial charge < -0.3 is 19.7 Å². The monoisotopic (exact) mass is 162 g/mol. The molecule has 11 heavy (non-hydrogen) atoms. The third-order valence-corrected chi connectivity index (χ3v) is 1.89. The molecule has 1 aliphatic heterocycles. The number of ether oxygens (including phenoxy) is 2. The van der Waals surface area contributed by atoms with E-state index in [0.29, 0.717) is 6.42 Å². The molecule has 0 bridgehead atoms. The molecule has 0 amide bonds. The zero-order valence-corrected chi connectivity index (χ0v) is 6.73. The van der Waals surface area contributed by atoms with E-state index in [9.17, 15) is 0 Å². The van der Waals surface area contributed by atoms with Gasteiger partial charge in [0, 0.05) is 13.5 Å². The molecular formula is C7H14O4. The van der Waals surface area contributed by atoms with Crippen molar-refractivity contribution in [1.82, 2.24) is 0 Å². The van der Waals surface area contributed by atoms with Crippen LogP contribution in [0.4, 0.5) is 0 Å². The summed E-state index contributed by atoms with van der Waals surface area (Å²) >= 11 is 0. The van der Waals surface area contributed by atoms with Gasteiger partial charge in [-0.3, -0.25) is 0 Å². The average Bonchev–Trinajstić information content (AvgIpc) is 2.30. The van der Waals surface area contributed by atoms with Crippen molar-refractivity contribution in [2.24, 2.45) is 0 Å². The van der Waals surface area contributed by atoms with Gasteiger partial charge in [-0.1, -0.05) is 0 Å². The molecule has 0 aromatic heterocycles. The Labute approximate surface area is 65.7 Å². The molecule has 0 spiro atoms. The lowest BCUT2D eigenvalue weighted by atomic mass is 10.1. The molecule has 0 aliphatic carbocycles. The van der Waals surface area contributed by atoms with Gasteiger partial charge in [-0.25, -0.2) is 0 Å². The van der Waals surface area contributed by atoms with Gasteiger partial charge in [0.2, 0.25) is 0 Å². The van der Waals surface area contributed by atoms with Gasteiger partial charge in [0.15, 0.2) is 6.29 Å². The van der Waals surface area contributed by atoms with Gasteiger partial charge in [-0.05, 0) is 6.92 Å². The van der Waals surface area contributed by atoms with Crippen LogP contribution in [0.3, 0.4) is 0 Å². The lowest BCUT2D eigenvalue weighted by molar-refractivity contribution is -0.128. The highest BCUT2D eigenvalue weighted by Gasteiger charge is 2.37. The maximum atomic E-state index is 9.16. The van der Waals surface area contributed by atoms with Crippen LogP contribution in [-0.4, -0.2) is 41.9 Å². The summed E-state index contributed by atoms with van der Waals surface area (Å²) in [7, 11) is 1.54. The minimum atomic E-state index is -0.792. The second-order valence-corrected chi connectivity index (χ2v) is 2.81. The molecule has 1 aliphatic rings. The quantitative estimate of drug-likeness (QED) is 0.574. The molecule has 66 valence electrons. The predicted molar refractivity (Wildman–Crippen MR) is 38.0 cm³/mol. The Morgan fingerprint density at radius 1 is 1.64 bits per heavy atom. The first kappa shape index (κ1) is 8.93. The lowest BCUT2D eigenvalue weighted by Gasteiger charge is -2.18. The smallest absolute Gasteiger partial charge is 0.157 e. The standard InChI is InChI=1S/C7H14O4/c1-4(8)7-5(10-2)3-6(9)11-7/h4-9H,3H2,1-2H3/t4-,5+,6?,7+/m0/s1. The highest BCUT2D eigenvalue weighted by atomic mass is 16.6. The largest absolute Gasteiger partial charge is 0.391 e. The Balaban J connectivity index is 2.50. The molecule has 4 heteroatoms. The van der Waals surface area contributed by atoms with Gasteiger partial charge in [0.25, 0.3) is 0 Å². The van der Waals surface area contributed by atoms with Gasteiger partial charge in [0.1, 0.15) is 6.10 Å². The maximum absolute atomic E-state index is 9.16. The molecule has 0 aromatic carbocycles. The first-order valence-corrected chi connectivity index (χ1v) is 3.69. The molecule has 0 radical (unpaired) electrons. The summed E-state index contributed by atoms with van der Waals surface area (Å²) in [5.74, 6) is 0. The minimum absolute atomic E-state index is 0.190. The summed E-state index contributed by atoms with van der Waals surface area (Å²) in [5, 5.41) is 18.2. The summed E-state index contributed by atoms with van der Waals surface area (Å²) in [6, 6.07) is 0. The van der Waals surface area contributed by atoms with Crippen LogP contribution in [0.5, 0.6) is 0 Å². The average molecular weight is 162 g/mol. The third kappa shape index (κ3) is 1.90. The highest BCUT2D eigenvalue weighted by Crippen LogP contribution is 2.23. The SMILES string of the molecule is CO[C@@H]1CC(O)O[C@@H]1[C@H](C)O. The van der Waals surface area contributed by atoms with E-state index in [4.69, 9.17) is 19.7 Å². The van der Waals surface area contributed by atoms with Crippen LogP contribution in [0.2, 0.25) is 0 Å². The predicted octanol–water partition coefficient (Wildman–Crippen LogP) is -0.510. The summed E-state index contributed by atoms with van der Waals surface area (Å²) in [6.45, 7) is 1.62. The Morgan fingerprint density at radius 3 is 2.64 bits per heavy atom. The third-order valence-electron chi connectivity index (χ3n) is 1.89. The van der Waals surface area contributed by atoms with E-state index in [2.05, 4.69) is 0 Å². The van der Waals surface area contributed by atoms with Crippen LogP contribution in [0.1, 0.15) is 13.3 Å². The maximum Gasteiger partial charge on any atom is 0.157 e. The number of aliphatic hydroxyl groups excluding tert-OH is 2. The Morgan fingerprint density at radius 2 is 2.27 bits per heavy atom. The van der Waals surface area contributed by atoms with E-state index in [1.807, 2.05) is 0 Å². The molecule has 1 heterocycles. The molecule has 0 aromatic rings. The van der Waals surface area contributed by atoms with E-state index in [1.165, 1.54) is 0 Å². The molecule has 2 N–H and O–H groups in total. The van der Waals surface area contributed by atoms with Gasteiger partial charge in [-0.2, -0.15) is 0 Å². The molecule has 1 unspecified atom stereocenters. The summed E-state index contributed by atoms with van der Waals surface area (Å²) in [5.41, 5.74) is 0.